The Balaban J connectivity index is 1.54. The van der Waals surface area contributed by atoms with Gasteiger partial charge in [-0.25, -0.2) is 13.4 Å². The van der Waals surface area contributed by atoms with Crippen molar-refractivity contribution in [3.63, 3.8) is 0 Å². The van der Waals surface area contributed by atoms with Crippen LogP contribution in [0.1, 0.15) is 5.56 Å². The van der Waals surface area contributed by atoms with Gasteiger partial charge in [0.2, 0.25) is 5.91 Å². The summed E-state index contributed by atoms with van der Waals surface area (Å²) in [6.07, 6.45) is 1.67. The minimum atomic E-state index is -3.73. The number of sulfonamides is 1. The van der Waals surface area contributed by atoms with Gasteiger partial charge >= 0.3 is 0 Å². The topological polar surface area (TPSA) is 109 Å². The predicted molar refractivity (Wildman–Crippen MR) is 120 cm³/mol. The molecule has 3 aromatic rings. The van der Waals surface area contributed by atoms with E-state index in [9.17, 15) is 13.2 Å². The largest absolute Gasteiger partial charge is 0.497 e. The van der Waals surface area contributed by atoms with Gasteiger partial charge in [0.05, 0.1) is 18.4 Å². The fraction of sp³-hybridized carbons (Fsp3) is 0.105. The molecule has 0 aliphatic heterocycles. The second-order valence-electron chi connectivity index (χ2n) is 5.99. The number of hydrogen-bond donors (Lipinski definition) is 3. The lowest BCUT2D eigenvalue weighted by Crippen LogP contribution is -2.35. The van der Waals surface area contributed by atoms with Crippen molar-refractivity contribution in [2.24, 2.45) is 0 Å². The summed E-state index contributed by atoms with van der Waals surface area (Å²) < 4.78 is 32.2. The number of carbonyl (C=O) groups excluding carboxylic acids is 1. The van der Waals surface area contributed by atoms with Gasteiger partial charge in [-0.2, -0.15) is 0 Å². The van der Waals surface area contributed by atoms with E-state index in [-0.39, 0.29) is 27.5 Å². The molecule has 3 rings (SSSR count). The fourth-order valence-corrected chi connectivity index (χ4v) is 4.45. The lowest BCUT2D eigenvalue weighted by molar-refractivity contribution is -0.119. The molecule has 0 aliphatic carbocycles. The number of carbonyl (C=O) groups is 1. The molecule has 0 bridgehead atoms. The van der Waals surface area contributed by atoms with E-state index in [1.165, 1.54) is 29.7 Å². The van der Waals surface area contributed by atoms with Gasteiger partial charge in [0.1, 0.15) is 5.75 Å². The van der Waals surface area contributed by atoms with E-state index < -0.39 is 10.0 Å². The van der Waals surface area contributed by atoms with Crippen LogP contribution in [0.4, 0.5) is 10.8 Å². The second kappa shape index (κ2) is 9.65. The zero-order chi connectivity index (χ0) is 21.6. The Labute approximate surface area is 183 Å². The average Bonchev–Trinajstić information content (AvgIpc) is 3.21. The number of ether oxygens (including phenoxy) is 1. The third-order valence-corrected chi connectivity index (χ3v) is 6.23. The molecular formula is C19H18N4O4S3. The summed E-state index contributed by atoms with van der Waals surface area (Å²) in [7, 11) is -2.15. The van der Waals surface area contributed by atoms with Crippen molar-refractivity contribution in [3.05, 3.63) is 65.7 Å². The van der Waals surface area contributed by atoms with Gasteiger partial charge in [0.25, 0.3) is 10.0 Å². The second-order valence-corrected chi connectivity index (χ2v) is 8.98. The molecule has 0 unspecified atom stereocenters. The third kappa shape index (κ3) is 5.99. The van der Waals surface area contributed by atoms with E-state index in [1.54, 1.807) is 48.9 Å². The van der Waals surface area contributed by atoms with E-state index in [4.69, 9.17) is 17.0 Å². The number of amides is 1. The van der Waals surface area contributed by atoms with Gasteiger partial charge in [0.15, 0.2) is 10.2 Å². The van der Waals surface area contributed by atoms with Gasteiger partial charge in [-0.15, -0.1) is 11.3 Å². The number of hydrogen-bond acceptors (Lipinski definition) is 7. The van der Waals surface area contributed by atoms with Gasteiger partial charge in [-0.1, -0.05) is 12.1 Å². The maximum absolute atomic E-state index is 12.3. The number of thiocarbonyl (C=S) groups is 1. The smallest absolute Gasteiger partial charge is 0.263 e. The maximum Gasteiger partial charge on any atom is 0.263 e. The van der Waals surface area contributed by atoms with Crippen LogP contribution in [-0.4, -0.2) is 31.5 Å². The zero-order valence-electron chi connectivity index (χ0n) is 15.8. The normalized spacial score (nSPS) is 10.8. The zero-order valence-corrected chi connectivity index (χ0v) is 18.2. The molecule has 0 spiro atoms. The predicted octanol–water partition coefficient (Wildman–Crippen LogP) is 3.01. The van der Waals surface area contributed by atoms with Crippen LogP contribution in [0.25, 0.3) is 0 Å². The Morgan fingerprint density at radius 2 is 1.83 bits per heavy atom. The first-order chi connectivity index (χ1) is 14.4. The molecule has 0 aliphatic rings. The van der Waals surface area contributed by atoms with Crippen LogP contribution in [0.2, 0.25) is 0 Å². The van der Waals surface area contributed by atoms with Crippen LogP contribution in [0.15, 0.2) is 65.0 Å². The van der Waals surface area contributed by atoms with Crippen LogP contribution in [0.3, 0.4) is 0 Å². The molecule has 30 heavy (non-hydrogen) atoms. The van der Waals surface area contributed by atoms with Gasteiger partial charge in [0, 0.05) is 17.3 Å². The molecular weight excluding hydrogens is 444 g/mol. The van der Waals surface area contributed by atoms with Gasteiger partial charge < -0.3 is 15.4 Å². The van der Waals surface area contributed by atoms with Gasteiger partial charge in [-0.05, 0) is 54.2 Å². The van der Waals surface area contributed by atoms with Crippen LogP contribution in [-0.2, 0) is 21.2 Å². The summed E-state index contributed by atoms with van der Waals surface area (Å²) in [4.78, 5) is 16.1. The molecule has 156 valence electrons. The number of methoxy groups -OCH3 is 1. The van der Waals surface area contributed by atoms with Gasteiger partial charge in [-0.3, -0.25) is 9.52 Å². The van der Waals surface area contributed by atoms with E-state index in [1.807, 2.05) is 0 Å². The lowest BCUT2D eigenvalue weighted by atomic mass is 10.1. The Hall–Kier alpha value is -3.02. The molecule has 0 atom stereocenters. The summed E-state index contributed by atoms with van der Waals surface area (Å²) >= 11 is 6.34. The third-order valence-electron chi connectivity index (χ3n) is 3.85. The summed E-state index contributed by atoms with van der Waals surface area (Å²) in [6.45, 7) is 0. The number of rotatable bonds is 7. The standard InChI is InChI=1S/C19H18N4O4S3/c1-27-15-6-2-13(3-7-15)12-17(24)22-18(28)21-14-4-8-16(9-5-14)30(25,26)23-19-20-10-11-29-19/h2-11H,12H2,1H3,(H,20,23)(H2,21,22,24,28). The monoisotopic (exact) mass is 462 g/mol. The van der Waals surface area contributed by atoms with Crippen molar-refractivity contribution in [2.45, 2.75) is 11.3 Å². The highest BCUT2D eigenvalue weighted by Gasteiger charge is 2.15. The van der Waals surface area contributed by atoms with E-state index in [2.05, 4.69) is 20.3 Å². The quantitative estimate of drug-likeness (QED) is 0.463. The highest BCUT2D eigenvalue weighted by atomic mass is 32.2. The molecule has 1 amide bonds. The van der Waals surface area contributed by atoms with Crippen LogP contribution in [0.5, 0.6) is 5.75 Å². The average molecular weight is 463 g/mol. The number of nitrogens with zero attached hydrogens (tertiary/aromatic N) is 1. The van der Waals surface area contributed by atoms with E-state index in [0.29, 0.717) is 11.4 Å². The number of aromatic nitrogens is 1. The van der Waals surface area contributed by atoms with Crippen molar-refractivity contribution in [3.8, 4) is 5.75 Å². The first kappa shape index (κ1) is 21.7. The molecule has 2 aromatic carbocycles. The highest BCUT2D eigenvalue weighted by molar-refractivity contribution is 7.93. The highest BCUT2D eigenvalue weighted by Crippen LogP contribution is 2.19. The number of nitrogens with one attached hydrogen (secondary N) is 3. The number of anilines is 2. The molecule has 8 nitrogen and oxygen atoms in total. The molecule has 0 saturated heterocycles. The number of benzene rings is 2. The van der Waals surface area contributed by atoms with Crippen molar-refractivity contribution in [2.75, 3.05) is 17.1 Å². The van der Waals surface area contributed by atoms with Crippen molar-refractivity contribution >= 4 is 55.4 Å². The molecule has 1 heterocycles. The summed E-state index contributed by atoms with van der Waals surface area (Å²) in [5.74, 6) is 0.438. The first-order valence-electron chi connectivity index (χ1n) is 8.62. The summed E-state index contributed by atoms with van der Waals surface area (Å²) in [5, 5.41) is 7.53. The number of thiazole rings is 1. The van der Waals surface area contributed by atoms with Crippen molar-refractivity contribution in [1.82, 2.24) is 10.3 Å². The van der Waals surface area contributed by atoms with Crippen LogP contribution >= 0.6 is 23.6 Å². The van der Waals surface area contributed by atoms with Crippen molar-refractivity contribution < 1.29 is 17.9 Å². The van der Waals surface area contributed by atoms with E-state index >= 15 is 0 Å². The minimum Gasteiger partial charge on any atom is -0.497 e. The lowest BCUT2D eigenvalue weighted by Gasteiger charge is -2.11. The van der Waals surface area contributed by atoms with Crippen LogP contribution < -0.4 is 20.1 Å². The Kier molecular flexibility index (Phi) is 6.98. The van der Waals surface area contributed by atoms with Crippen LogP contribution in [0, 0.1) is 0 Å². The molecule has 3 N–H and O–H groups in total. The molecule has 11 heteroatoms. The van der Waals surface area contributed by atoms with Crippen molar-refractivity contribution in [1.29, 1.82) is 0 Å². The Morgan fingerprint density at radius 1 is 1.13 bits per heavy atom. The summed E-state index contributed by atoms with van der Waals surface area (Å²) in [6, 6.07) is 13.1. The Bertz CT molecular complexity index is 1110. The molecule has 1 aromatic heterocycles. The maximum atomic E-state index is 12.3. The first-order valence-corrected chi connectivity index (χ1v) is 11.4. The fourth-order valence-electron chi connectivity index (χ4n) is 2.43. The molecule has 0 saturated carbocycles. The molecule has 0 fully saturated rings. The Morgan fingerprint density at radius 3 is 2.43 bits per heavy atom. The summed E-state index contributed by atoms with van der Waals surface area (Å²) in [5.41, 5.74) is 1.36. The SMILES string of the molecule is COc1ccc(CC(=O)NC(=S)Nc2ccc(S(=O)(=O)Nc3nccs3)cc2)cc1. The molecule has 0 radical (unpaired) electrons. The minimum absolute atomic E-state index is 0.0812. The van der Waals surface area contributed by atoms with E-state index in [0.717, 1.165) is 5.56 Å².